The highest BCUT2D eigenvalue weighted by Crippen LogP contribution is 2.22. The number of halogens is 1. The Morgan fingerprint density at radius 1 is 1.39 bits per heavy atom. The third-order valence-corrected chi connectivity index (χ3v) is 3.18. The van der Waals surface area contributed by atoms with Gasteiger partial charge in [0.1, 0.15) is 5.75 Å². The molecule has 5 nitrogen and oxygen atoms in total. The van der Waals surface area contributed by atoms with Gasteiger partial charge in [-0.3, -0.25) is 4.79 Å². The van der Waals surface area contributed by atoms with Crippen molar-refractivity contribution in [1.29, 1.82) is 0 Å². The van der Waals surface area contributed by atoms with Gasteiger partial charge in [0.25, 0.3) is 5.91 Å². The van der Waals surface area contributed by atoms with Crippen LogP contribution in [0.15, 0.2) is 18.2 Å². The van der Waals surface area contributed by atoms with Crippen molar-refractivity contribution in [2.75, 3.05) is 13.2 Å². The summed E-state index contributed by atoms with van der Waals surface area (Å²) in [4.78, 5) is 12.0. The van der Waals surface area contributed by atoms with Gasteiger partial charge >= 0.3 is 0 Å². The van der Waals surface area contributed by atoms with Gasteiger partial charge in [0.2, 0.25) is 0 Å². The summed E-state index contributed by atoms with van der Waals surface area (Å²) >= 11 is 5.85. The lowest BCUT2D eigenvalue weighted by atomic mass is 9.98. The highest BCUT2D eigenvalue weighted by molar-refractivity contribution is 6.33. The number of phenols is 1. The van der Waals surface area contributed by atoms with E-state index in [1.54, 1.807) is 6.92 Å². The van der Waals surface area contributed by atoms with Crippen LogP contribution in [0.1, 0.15) is 23.7 Å². The van der Waals surface area contributed by atoms with Gasteiger partial charge in [0, 0.05) is 0 Å². The number of amides is 1. The van der Waals surface area contributed by atoms with Gasteiger partial charge in [0.05, 0.1) is 29.3 Å². The molecule has 1 aromatic carbocycles. The number of phenolic OH excluding ortho intramolecular Hbond substituents is 1. The molecule has 0 saturated carbocycles. The average Bonchev–Trinajstić information content (AvgIpc) is 2.38. The van der Waals surface area contributed by atoms with Gasteiger partial charge in [-0.05, 0) is 24.6 Å². The molecule has 4 N–H and O–H groups in total. The number of carbonyl (C=O) groups excluding carboxylic acids is 1. The third kappa shape index (κ3) is 3.13. The summed E-state index contributed by atoms with van der Waals surface area (Å²) in [5, 5.41) is 30.5. The molecule has 0 aliphatic heterocycles. The molecular weight excluding hydrogens is 258 g/mol. The molecule has 0 spiro atoms. The highest BCUT2D eigenvalue weighted by atomic mass is 35.5. The van der Waals surface area contributed by atoms with Crippen molar-refractivity contribution in [3.63, 3.8) is 0 Å². The molecule has 0 aliphatic rings. The first-order valence-corrected chi connectivity index (χ1v) is 5.88. The minimum absolute atomic E-state index is 0.0837. The molecule has 18 heavy (non-hydrogen) atoms. The van der Waals surface area contributed by atoms with Gasteiger partial charge in [-0.1, -0.05) is 18.5 Å². The van der Waals surface area contributed by atoms with Crippen molar-refractivity contribution < 1.29 is 20.1 Å². The topological polar surface area (TPSA) is 89.8 Å². The van der Waals surface area contributed by atoms with E-state index in [4.69, 9.17) is 11.6 Å². The Hall–Kier alpha value is -1.30. The second kappa shape index (κ2) is 6.04. The van der Waals surface area contributed by atoms with E-state index in [0.717, 1.165) is 0 Å². The summed E-state index contributed by atoms with van der Waals surface area (Å²) < 4.78 is 0. The van der Waals surface area contributed by atoms with Crippen LogP contribution in [0.25, 0.3) is 0 Å². The summed E-state index contributed by atoms with van der Waals surface area (Å²) in [6, 6.07) is 3.99. The van der Waals surface area contributed by atoms with E-state index in [9.17, 15) is 20.1 Å². The third-order valence-electron chi connectivity index (χ3n) is 2.86. The summed E-state index contributed by atoms with van der Waals surface area (Å²) in [6.07, 6.45) is 0.363. The van der Waals surface area contributed by atoms with E-state index in [1.165, 1.54) is 18.2 Å². The Balaban J connectivity index is 2.97. The minimum Gasteiger partial charge on any atom is -0.508 e. The number of aliphatic hydroxyl groups is 2. The average molecular weight is 274 g/mol. The lowest BCUT2D eigenvalue weighted by molar-refractivity contribution is 0.0653. The van der Waals surface area contributed by atoms with Gasteiger partial charge in [-0.25, -0.2) is 0 Å². The minimum atomic E-state index is -1.09. The Bertz CT molecular complexity index is 424. The molecule has 0 bridgehead atoms. The Morgan fingerprint density at radius 3 is 2.50 bits per heavy atom. The number of nitrogens with one attached hydrogen (secondary N) is 1. The van der Waals surface area contributed by atoms with Crippen LogP contribution in [0.5, 0.6) is 5.75 Å². The molecule has 0 heterocycles. The molecule has 100 valence electrons. The van der Waals surface area contributed by atoms with E-state index in [0.29, 0.717) is 6.42 Å². The summed E-state index contributed by atoms with van der Waals surface area (Å²) in [5.41, 5.74) is -0.998. The van der Waals surface area contributed by atoms with Crippen molar-refractivity contribution in [2.24, 2.45) is 0 Å². The summed E-state index contributed by atoms with van der Waals surface area (Å²) in [5.74, 6) is -0.638. The molecule has 0 aromatic heterocycles. The number of hydrogen-bond acceptors (Lipinski definition) is 4. The van der Waals surface area contributed by atoms with Gasteiger partial charge in [-0.2, -0.15) is 0 Å². The first-order valence-electron chi connectivity index (χ1n) is 5.50. The fourth-order valence-corrected chi connectivity index (χ4v) is 1.64. The van der Waals surface area contributed by atoms with Crippen molar-refractivity contribution in [2.45, 2.75) is 18.9 Å². The van der Waals surface area contributed by atoms with Gasteiger partial charge < -0.3 is 20.6 Å². The lowest BCUT2D eigenvalue weighted by Gasteiger charge is -2.29. The zero-order chi connectivity index (χ0) is 13.8. The van der Waals surface area contributed by atoms with Crippen LogP contribution in [0.2, 0.25) is 5.02 Å². The number of rotatable bonds is 5. The molecular formula is C12H16ClNO4. The van der Waals surface area contributed by atoms with Crippen LogP contribution >= 0.6 is 11.6 Å². The fraction of sp³-hybridized carbons (Fsp3) is 0.417. The van der Waals surface area contributed by atoms with Crippen LogP contribution in [0.4, 0.5) is 0 Å². The maximum absolute atomic E-state index is 12.0. The normalized spacial score (nSPS) is 11.3. The molecule has 1 rings (SSSR count). The van der Waals surface area contributed by atoms with Crippen LogP contribution in [-0.4, -0.2) is 40.0 Å². The highest BCUT2D eigenvalue weighted by Gasteiger charge is 2.29. The molecule has 1 amide bonds. The fourth-order valence-electron chi connectivity index (χ4n) is 1.44. The van der Waals surface area contributed by atoms with Crippen molar-refractivity contribution >= 4 is 17.5 Å². The van der Waals surface area contributed by atoms with E-state index in [2.05, 4.69) is 5.32 Å². The second-order valence-electron chi connectivity index (χ2n) is 4.07. The van der Waals surface area contributed by atoms with E-state index < -0.39 is 11.4 Å². The van der Waals surface area contributed by atoms with Crippen molar-refractivity contribution in [3.05, 3.63) is 28.8 Å². The Morgan fingerprint density at radius 2 is 2.00 bits per heavy atom. The Labute approximate surface area is 110 Å². The lowest BCUT2D eigenvalue weighted by Crippen LogP contribution is -2.53. The van der Waals surface area contributed by atoms with Gasteiger partial charge in [-0.15, -0.1) is 0 Å². The van der Waals surface area contributed by atoms with Crippen LogP contribution in [0.3, 0.4) is 0 Å². The van der Waals surface area contributed by atoms with E-state index in [-0.39, 0.29) is 29.5 Å². The number of hydrogen-bond donors (Lipinski definition) is 4. The predicted molar refractivity (Wildman–Crippen MR) is 67.8 cm³/mol. The summed E-state index contributed by atoms with van der Waals surface area (Å²) in [6.45, 7) is 0.959. The number of aliphatic hydroxyl groups excluding tert-OH is 2. The zero-order valence-electron chi connectivity index (χ0n) is 9.98. The first kappa shape index (κ1) is 14.8. The standard InChI is InChI=1S/C12H16ClNO4/c1-2-12(6-15,7-16)14-11(18)9-5-8(17)3-4-10(9)13/h3-5,15-17H,2,6-7H2,1H3,(H,14,18). The second-order valence-corrected chi connectivity index (χ2v) is 4.48. The molecule has 1 aromatic rings. The molecule has 0 aliphatic carbocycles. The quantitative estimate of drug-likeness (QED) is 0.642. The molecule has 0 fully saturated rings. The van der Waals surface area contributed by atoms with E-state index >= 15 is 0 Å². The SMILES string of the molecule is CCC(CO)(CO)NC(=O)c1cc(O)ccc1Cl. The molecule has 0 atom stereocenters. The maximum atomic E-state index is 12.0. The van der Waals surface area contributed by atoms with Crippen molar-refractivity contribution in [3.8, 4) is 5.75 Å². The number of aromatic hydroxyl groups is 1. The number of carbonyl (C=O) groups is 1. The van der Waals surface area contributed by atoms with Crippen LogP contribution in [-0.2, 0) is 0 Å². The Kier molecular flexibility index (Phi) is 4.95. The molecule has 0 radical (unpaired) electrons. The molecule has 0 saturated heterocycles. The smallest absolute Gasteiger partial charge is 0.253 e. The van der Waals surface area contributed by atoms with E-state index in [1.807, 2.05) is 0 Å². The summed E-state index contributed by atoms with van der Waals surface area (Å²) in [7, 11) is 0. The van der Waals surface area contributed by atoms with Gasteiger partial charge in [0.15, 0.2) is 0 Å². The molecule has 0 unspecified atom stereocenters. The maximum Gasteiger partial charge on any atom is 0.253 e. The zero-order valence-corrected chi connectivity index (χ0v) is 10.7. The largest absolute Gasteiger partial charge is 0.508 e. The van der Waals surface area contributed by atoms with Crippen LogP contribution in [0, 0.1) is 0 Å². The molecule has 6 heteroatoms. The van der Waals surface area contributed by atoms with Crippen molar-refractivity contribution in [1.82, 2.24) is 5.32 Å². The predicted octanol–water partition coefficient (Wildman–Crippen LogP) is 0.909. The monoisotopic (exact) mass is 273 g/mol. The van der Waals surface area contributed by atoms with Crippen LogP contribution < -0.4 is 5.32 Å². The number of benzene rings is 1. The first-order chi connectivity index (χ1) is 8.48.